The van der Waals surface area contributed by atoms with Crippen LogP contribution in [0.1, 0.15) is 50.5 Å². The lowest BCUT2D eigenvalue weighted by Gasteiger charge is -2.49. The van der Waals surface area contributed by atoms with E-state index < -0.39 is 0 Å². The van der Waals surface area contributed by atoms with E-state index in [4.69, 9.17) is 0 Å². The van der Waals surface area contributed by atoms with Gasteiger partial charge >= 0.3 is 6.03 Å². The normalized spacial score (nSPS) is 30.7. The molecule has 3 aliphatic rings. The summed E-state index contributed by atoms with van der Waals surface area (Å²) in [5, 5.41) is 6.23. The molecule has 0 unspecified atom stereocenters. The number of anilines is 1. The maximum absolute atomic E-state index is 12.3. The average molecular weight is 313 g/mol. The molecule has 124 valence electrons. The van der Waals surface area contributed by atoms with Gasteiger partial charge in [0.1, 0.15) is 0 Å². The van der Waals surface area contributed by atoms with Crippen LogP contribution in [0.2, 0.25) is 0 Å². The quantitative estimate of drug-likeness (QED) is 0.894. The first-order chi connectivity index (χ1) is 11.2. The zero-order valence-corrected chi connectivity index (χ0v) is 13.9. The number of fused-ring (bicyclic) bond motifs is 2. The van der Waals surface area contributed by atoms with Gasteiger partial charge in [0.2, 0.25) is 0 Å². The molecule has 4 nitrogen and oxygen atoms in total. The average Bonchev–Trinajstić information content (AvgIpc) is 3.33. The van der Waals surface area contributed by atoms with E-state index in [0.29, 0.717) is 18.1 Å². The van der Waals surface area contributed by atoms with E-state index >= 15 is 0 Å². The number of nitrogens with zero attached hydrogens (tertiary/aromatic N) is 1. The fourth-order valence-electron chi connectivity index (χ4n) is 4.56. The Balaban J connectivity index is 1.36. The van der Waals surface area contributed by atoms with Crippen molar-refractivity contribution in [2.24, 2.45) is 0 Å². The largest absolute Gasteiger partial charge is 0.335 e. The Labute approximate surface area is 138 Å². The first-order valence-electron chi connectivity index (χ1n) is 9.11. The van der Waals surface area contributed by atoms with Gasteiger partial charge in [0.05, 0.1) is 0 Å². The summed E-state index contributed by atoms with van der Waals surface area (Å²) in [4.78, 5) is 15.1. The van der Waals surface area contributed by atoms with Gasteiger partial charge in [-0.05, 0) is 57.1 Å². The van der Waals surface area contributed by atoms with Crippen molar-refractivity contribution in [3.05, 3.63) is 29.8 Å². The van der Waals surface area contributed by atoms with E-state index in [9.17, 15) is 4.79 Å². The van der Waals surface area contributed by atoms with Crippen LogP contribution in [-0.2, 0) is 0 Å². The number of benzene rings is 1. The molecule has 2 heterocycles. The van der Waals surface area contributed by atoms with Gasteiger partial charge in [0, 0.05) is 29.9 Å². The van der Waals surface area contributed by atoms with Crippen LogP contribution in [0.5, 0.6) is 0 Å². The number of carbonyl (C=O) groups excluding carboxylic acids is 1. The van der Waals surface area contributed by atoms with Crippen molar-refractivity contribution in [2.45, 2.75) is 76.0 Å². The third kappa shape index (κ3) is 3.23. The lowest BCUT2D eigenvalue weighted by Crippen LogP contribution is -2.58. The molecule has 2 atom stereocenters. The molecule has 23 heavy (non-hydrogen) atoms. The highest BCUT2D eigenvalue weighted by Gasteiger charge is 2.45. The number of hydrogen-bond donors (Lipinski definition) is 2. The van der Waals surface area contributed by atoms with E-state index in [1.807, 2.05) is 31.2 Å². The molecule has 2 bridgehead atoms. The van der Waals surface area contributed by atoms with E-state index in [1.54, 1.807) is 0 Å². The molecule has 0 radical (unpaired) electrons. The summed E-state index contributed by atoms with van der Waals surface area (Å²) in [6, 6.07) is 10.4. The van der Waals surface area contributed by atoms with E-state index in [1.165, 1.54) is 32.1 Å². The molecule has 1 aromatic carbocycles. The Bertz CT molecular complexity index is 570. The van der Waals surface area contributed by atoms with Crippen LogP contribution in [0.15, 0.2) is 24.3 Å². The van der Waals surface area contributed by atoms with Crippen LogP contribution in [-0.4, -0.2) is 35.1 Å². The fourth-order valence-corrected chi connectivity index (χ4v) is 4.56. The summed E-state index contributed by atoms with van der Waals surface area (Å²) in [5.74, 6) is 0. The van der Waals surface area contributed by atoms with Crippen molar-refractivity contribution in [1.82, 2.24) is 10.2 Å². The molecule has 2 N–H and O–H groups in total. The zero-order chi connectivity index (χ0) is 15.8. The lowest BCUT2D eigenvalue weighted by molar-refractivity contribution is 0.0198. The molecule has 2 saturated heterocycles. The highest BCUT2D eigenvalue weighted by molar-refractivity contribution is 5.90. The Morgan fingerprint density at radius 2 is 1.74 bits per heavy atom. The first kappa shape index (κ1) is 15.0. The first-order valence-corrected chi connectivity index (χ1v) is 9.11. The third-order valence-electron chi connectivity index (χ3n) is 5.73. The van der Waals surface area contributed by atoms with Crippen molar-refractivity contribution in [3.8, 4) is 0 Å². The van der Waals surface area contributed by atoms with Crippen molar-refractivity contribution in [2.75, 3.05) is 5.32 Å². The monoisotopic (exact) mass is 313 g/mol. The maximum atomic E-state index is 12.3. The number of aryl methyl sites for hydroxylation is 1. The smallest absolute Gasteiger partial charge is 0.319 e. The minimum atomic E-state index is -0.0535. The second kappa shape index (κ2) is 6.16. The molecule has 4 heteroatoms. The van der Waals surface area contributed by atoms with Crippen LogP contribution in [0.25, 0.3) is 0 Å². The molecular formula is C19H27N3O. The SMILES string of the molecule is Cc1ccccc1NC(=O)NC1C[C@H]2CCC[C@H](C1)N2C1CC1. The molecule has 2 amide bonds. The third-order valence-corrected chi connectivity index (χ3v) is 5.73. The van der Waals surface area contributed by atoms with Gasteiger partial charge in [-0.15, -0.1) is 0 Å². The topological polar surface area (TPSA) is 44.4 Å². The van der Waals surface area contributed by atoms with Crippen LogP contribution in [0, 0.1) is 6.92 Å². The molecule has 1 saturated carbocycles. The second-order valence-corrected chi connectivity index (χ2v) is 7.50. The number of amides is 2. The minimum absolute atomic E-state index is 0.0535. The summed E-state index contributed by atoms with van der Waals surface area (Å²) in [7, 11) is 0. The Kier molecular flexibility index (Phi) is 4.02. The Hall–Kier alpha value is -1.55. The van der Waals surface area contributed by atoms with E-state index in [0.717, 1.165) is 30.1 Å². The van der Waals surface area contributed by atoms with Gasteiger partial charge in [-0.25, -0.2) is 4.79 Å². The molecule has 0 spiro atoms. The predicted molar refractivity (Wildman–Crippen MR) is 92.6 cm³/mol. The molecule has 4 rings (SSSR count). The van der Waals surface area contributed by atoms with Crippen LogP contribution < -0.4 is 10.6 Å². The van der Waals surface area contributed by atoms with Gasteiger partial charge in [-0.2, -0.15) is 0 Å². The highest BCUT2D eigenvalue weighted by Crippen LogP contribution is 2.41. The Morgan fingerprint density at radius 3 is 2.39 bits per heavy atom. The number of carbonyl (C=O) groups is 1. The maximum Gasteiger partial charge on any atom is 0.319 e. The zero-order valence-electron chi connectivity index (χ0n) is 13.9. The molecule has 3 fully saturated rings. The molecule has 1 aromatic rings. The van der Waals surface area contributed by atoms with Crippen LogP contribution >= 0.6 is 0 Å². The van der Waals surface area contributed by atoms with E-state index in [-0.39, 0.29) is 6.03 Å². The predicted octanol–water partition coefficient (Wildman–Crippen LogP) is 3.66. The van der Waals surface area contributed by atoms with Crippen molar-refractivity contribution in [1.29, 1.82) is 0 Å². The highest BCUT2D eigenvalue weighted by atomic mass is 16.2. The standard InChI is InChI=1S/C19H27N3O/c1-13-5-2-3-8-18(13)21-19(23)20-14-11-16-6-4-7-17(12-14)22(16)15-9-10-15/h2-3,5,8,14-17H,4,6-7,9-12H2,1H3,(H2,20,21,23)/t16-,17-/m1/s1. The lowest BCUT2D eigenvalue weighted by atomic mass is 9.81. The molecule has 0 aromatic heterocycles. The molecule has 2 aliphatic heterocycles. The molecular weight excluding hydrogens is 286 g/mol. The second-order valence-electron chi connectivity index (χ2n) is 7.50. The summed E-state index contributed by atoms with van der Waals surface area (Å²) in [6.07, 6.45) is 9.00. The van der Waals surface area contributed by atoms with Crippen molar-refractivity contribution >= 4 is 11.7 Å². The van der Waals surface area contributed by atoms with Crippen molar-refractivity contribution in [3.63, 3.8) is 0 Å². The van der Waals surface area contributed by atoms with Crippen LogP contribution in [0.4, 0.5) is 10.5 Å². The summed E-state index contributed by atoms with van der Waals surface area (Å²) >= 11 is 0. The molecule has 1 aliphatic carbocycles. The van der Waals surface area contributed by atoms with Gasteiger partial charge in [0.25, 0.3) is 0 Å². The number of urea groups is 1. The van der Waals surface area contributed by atoms with Crippen molar-refractivity contribution < 1.29 is 4.79 Å². The Morgan fingerprint density at radius 1 is 1.04 bits per heavy atom. The van der Waals surface area contributed by atoms with Crippen LogP contribution in [0.3, 0.4) is 0 Å². The summed E-state index contributed by atoms with van der Waals surface area (Å²) < 4.78 is 0. The van der Waals surface area contributed by atoms with Gasteiger partial charge in [-0.3, -0.25) is 4.90 Å². The van der Waals surface area contributed by atoms with Gasteiger partial charge in [0.15, 0.2) is 0 Å². The number of rotatable bonds is 3. The van der Waals surface area contributed by atoms with Gasteiger partial charge < -0.3 is 10.6 Å². The van der Waals surface area contributed by atoms with Gasteiger partial charge in [-0.1, -0.05) is 24.6 Å². The number of nitrogens with one attached hydrogen (secondary N) is 2. The summed E-state index contributed by atoms with van der Waals surface area (Å²) in [6.45, 7) is 2.02. The number of para-hydroxylation sites is 1. The minimum Gasteiger partial charge on any atom is -0.335 e. The fraction of sp³-hybridized carbons (Fsp3) is 0.632. The number of hydrogen-bond acceptors (Lipinski definition) is 2. The summed E-state index contributed by atoms with van der Waals surface area (Å²) in [5.41, 5.74) is 2.00. The van der Waals surface area contributed by atoms with E-state index in [2.05, 4.69) is 15.5 Å². The number of piperidine rings is 2.